The summed E-state index contributed by atoms with van der Waals surface area (Å²) in [6.45, 7) is 8.24. The molecule has 0 spiro atoms. The van der Waals surface area contributed by atoms with Crippen LogP contribution in [0.15, 0.2) is 158 Å². The number of hydrogen-bond acceptors (Lipinski definition) is 5. The number of ether oxygens (including phenoxy) is 3. The average molecular weight is 1120 g/mol. The summed E-state index contributed by atoms with van der Waals surface area (Å²) >= 11 is 0. The third-order valence-electron chi connectivity index (χ3n) is 18.7. The summed E-state index contributed by atoms with van der Waals surface area (Å²) in [4.78, 5) is 16.0. The van der Waals surface area contributed by atoms with Crippen LogP contribution in [0.25, 0.3) is 50.2 Å². The highest BCUT2D eigenvalue weighted by molar-refractivity contribution is 6.11. The molecule has 13 rings (SSSR count). The topological polar surface area (TPSA) is 60.0 Å². The van der Waals surface area contributed by atoms with Crippen LogP contribution in [0, 0.1) is 17.8 Å². The van der Waals surface area contributed by atoms with Crippen molar-refractivity contribution in [3.05, 3.63) is 208 Å². The van der Waals surface area contributed by atoms with E-state index in [2.05, 4.69) is 41.4 Å². The van der Waals surface area contributed by atoms with Gasteiger partial charge >= 0.3 is 12.4 Å². The minimum atomic E-state index is -5.13. The van der Waals surface area contributed by atoms with E-state index in [1.54, 1.807) is 50.2 Å². The monoisotopic (exact) mass is 1120 g/mol. The lowest BCUT2D eigenvalue weighted by Crippen LogP contribution is -2.37. The van der Waals surface area contributed by atoms with Crippen LogP contribution >= 0.6 is 0 Å². The Morgan fingerprint density at radius 2 is 1.39 bits per heavy atom. The first-order valence-corrected chi connectivity index (χ1v) is 29.0. The van der Waals surface area contributed by atoms with Crippen molar-refractivity contribution in [3.63, 3.8) is 0 Å². The zero-order valence-electron chi connectivity index (χ0n) is 46.8. The highest BCUT2D eigenvalue weighted by Gasteiger charge is 2.53. The fourth-order valence-electron chi connectivity index (χ4n) is 14.4. The van der Waals surface area contributed by atoms with Gasteiger partial charge in [-0.05, 0) is 166 Å². The van der Waals surface area contributed by atoms with Crippen LogP contribution in [0.5, 0.6) is 11.5 Å². The van der Waals surface area contributed by atoms with Crippen molar-refractivity contribution in [2.24, 2.45) is 17.8 Å². The number of nitrogens with one attached hydrogen (secondary N) is 1. The summed E-state index contributed by atoms with van der Waals surface area (Å²) in [6, 6.07) is 45.9. The number of nitrogens with zero attached hydrogens (tertiary/aromatic N) is 1. The number of rotatable bonds is 12. The van der Waals surface area contributed by atoms with Crippen molar-refractivity contribution in [3.8, 4) is 44.9 Å². The smallest absolute Gasteiger partial charge is 0.416 e. The Morgan fingerprint density at radius 1 is 0.711 bits per heavy atom. The number of carbonyl (C=O) groups is 1. The maximum absolute atomic E-state index is 15.4. The van der Waals surface area contributed by atoms with Gasteiger partial charge in [-0.3, -0.25) is 4.79 Å². The number of morpholine rings is 1. The molecule has 3 aliphatic carbocycles. The van der Waals surface area contributed by atoms with Gasteiger partial charge in [0.1, 0.15) is 11.5 Å². The number of hydrogen-bond donors (Lipinski definition) is 1. The van der Waals surface area contributed by atoms with Crippen molar-refractivity contribution in [1.82, 2.24) is 0 Å². The molecule has 0 radical (unpaired) electrons. The van der Waals surface area contributed by atoms with E-state index in [0.29, 0.717) is 74.9 Å². The van der Waals surface area contributed by atoms with Gasteiger partial charge in [-0.2, -0.15) is 26.3 Å². The minimum Gasteiger partial charge on any atom is -0.496 e. The molecule has 8 aromatic rings. The van der Waals surface area contributed by atoms with Crippen LogP contribution in [0.4, 0.5) is 37.7 Å². The summed E-state index contributed by atoms with van der Waals surface area (Å²) in [6.07, 6.45) is 1.42. The van der Waals surface area contributed by atoms with Crippen LogP contribution in [0.1, 0.15) is 120 Å². The second kappa shape index (κ2) is 20.8. The molecule has 1 amide bonds. The number of carbonyl (C=O) groups excluding carboxylic acids is 1. The summed E-state index contributed by atoms with van der Waals surface area (Å²) in [7, 11) is 1.51. The molecule has 12 heteroatoms. The van der Waals surface area contributed by atoms with Gasteiger partial charge in [-0.25, -0.2) is 0 Å². The molecule has 5 aliphatic rings. The molecular formula is C71H64F6N2O4. The van der Waals surface area contributed by atoms with E-state index in [0.717, 1.165) is 64.9 Å². The molecule has 83 heavy (non-hydrogen) atoms. The summed E-state index contributed by atoms with van der Waals surface area (Å²) in [5, 5.41) is 3.82. The largest absolute Gasteiger partial charge is 0.496 e. The molecule has 0 bridgehead atoms. The first-order valence-electron chi connectivity index (χ1n) is 29.0. The Bertz CT molecular complexity index is 3810. The van der Waals surface area contributed by atoms with E-state index >= 15 is 13.2 Å². The minimum absolute atomic E-state index is 0.159. The normalized spacial score (nSPS) is 21.3. The van der Waals surface area contributed by atoms with Crippen LogP contribution in [-0.4, -0.2) is 39.3 Å². The van der Waals surface area contributed by atoms with Crippen molar-refractivity contribution in [2.45, 2.75) is 88.6 Å². The predicted molar refractivity (Wildman–Crippen MR) is 316 cm³/mol. The lowest BCUT2D eigenvalue weighted by atomic mass is 9.75. The van der Waals surface area contributed by atoms with E-state index in [1.165, 1.54) is 51.2 Å². The first kappa shape index (κ1) is 54.4. The van der Waals surface area contributed by atoms with E-state index in [-0.39, 0.29) is 28.7 Å². The fourth-order valence-corrected chi connectivity index (χ4v) is 14.4. The number of alkyl halides is 6. The molecule has 1 N–H and O–H groups in total. The number of benzene rings is 8. The van der Waals surface area contributed by atoms with E-state index in [1.807, 2.05) is 91.0 Å². The fraction of sp³-hybridized carbons (Fsp3) is 0.310. The SMILES string of the molecule is CCCCC1C2CCC(c3ccc(-c4ccc(C(=O)Nc5ccc(-c6cc7c8c(c9c(c7cc6OC)OC(c6ccccc6)(c6ccc(N7CCOCC7)cc6)C=C9)C(C)(C)c6c-8cc(C(F)(F)F)cc6C(F)(F)F)cc5)cc4)cc3)CC12. The Kier molecular flexibility index (Phi) is 13.6. The van der Waals surface area contributed by atoms with Crippen molar-refractivity contribution in [1.29, 1.82) is 0 Å². The molecule has 6 nitrogen and oxygen atoms in total. The van der Waals surface area contributed by atoms with Gasteiger partial charge in [0.05, 0.1) is 31.5 Å². The van der Waals surface area contributed by atoms with Gasteiger partial charge < -0.3 is 24.4 Å². The third kappa shape index (κ3) is 9.64. The molecule has 1 saturated heterocycles. The van der Waals surface area contributed by atoms with Crippen molar-refractivity contribution < 1.29 is 45.3 Å². The zero-order chi connectivity index (χ0) is 57.6. The predicted octanol–water partition coefficient (Wildman–Crippen LogP) is 18.3. The van der Waals surface area contributed by atoms with E-state index < -0.39 is 34.5 Å². The van der Waals surface area contributed by atoms with E-state index in [4.69, 9.17) is 14.2 Å². The number of amides is 1. The molecule has 5 atom stereocenters. The maximum atomic E-state index is 15.4. The average Bonchev–Trinajstić information content (AvgIpc) is 2.04. The number of fused-ring (bicyclic) bond motifs is 9. The highest BCUT2D eigenvalue weighted by Crippen LogP contribution is 2.63. The standard InChI is InChI=1S/C71H64F6N2O4/c1-5-6-12-53-54-30-23-47(37-57(53)54)44-15-13-42(14-16-44)43-17-19-46(20-18-43)67(80)78-51-26-21-45(22-27-51)56-40-58-59(41-62(56)81-4)66-55(65-63(58)60-38-50(70(72,73)74)39-61(71(75,76)77)64(60)68(65,2)3)31-32-69(83-66,48-10-8-7-9-11-48)49-24-28-52(29-25-49)79-33-35-82-36-34-79/h7-11,13-22,24-29,31-32,38-41,47,53-54,57H,5-6,12,23,30,33-37H2,1-4H3,(H,78,80). The molecule has 2 saturated carbocycles. The highest BCUT2D eigenvalue weighted by atomic mass is 19.4. The molecule has 2 heterocycles. The van der Waals surface area contributed by atoms with Crippen molar-refractivity contribution >= 4 is 34.1 Å². The van der Waals surface area contributed by atoms with Crippen LogP contribution in [0.2, 0.25) is 0 Å². The van der Waals surface area contributed by atoms with Crippen LogP contribution < -0.4 is 19.7 Å². The summed E-state index contributed by atoms with van der Waals surface area (Å²) in [5.41, 5.74) is 3.41. The molecule has 5 unspecified atom stereocenters. The zero-order valence-corrected chi connectivity index (χ0v) is 46.8. The lowest BCUT2D eigenvalue weighted by Gasteiger charge is -2.39. The number of anilines is 2. The van der Waals surface area contributed by atoms with Gasteiger partial charge in [0.15, 0.2) is 5.60 Å². The molecule has 3 fully saturated rings. The number of halogens is 6. The van der Waals surface area contributed by atoms with Gasteiger partial charge in [0, 0.05) is 63.1 Å². The van der Waals surface area contributed by atoms with Crippen LogP contribution in [0.3, 0.4) is 0 Å². The quantitative estimate of drug-likeness (QED) is 0.124. The third-order valence-corrected chi connectivity index (χ3v) is 18.7. The molecule has 8 aromatic carbocycles. The first-order chi connectivity index (χ1) is 39.9. The Labute approximate surface area is 480 Å². The number of methoxy groups -OCH3 is 1. The summed E-state index contributed by atoms with van der Waals surface area (Å²) in [5.74, 6) is 3.80. The molecule has 2 aliphatic heterocycles. The Morgan fingerprint density at radius 3 is 2.05 bits per heavy atom. The van der Waals surface area contributed by atoms with Gasteiger partial charge in [0.2, 0.25) is 0 Å². The van der Waals surface area contributed by atoms with E-state index in [9.17, 15) is 18.0 Å². The van der Waals surface area contributed by atoms with Crippen LogP contribution in [-0.2, 0) is 28.1 Å². The molecule has 424 valence electrons. The van der Waals surface area contributed by atoms with Gasteiger partial charge in [-0.15, -0.1) is 0 Å². The molecule has 0 aromatic heterocycles. The second-order valence-corrected chi connectivity index (χ2v) is 23.7. The summed E-state index contributed by atoms with van der Waals surface area (Å²) < 4.78 is 110. The Hall–Kier alpha value is -7.83. The maximum Gasteiger partial charge on any atom is 0.416 e. The lowest BCUT2D eigenvalue weighted by molar-refractivity contribution is -0.143. The number of unbranched alkanes of at least 4 members (excludes halogenated alkanes) is 1. The van der Waals surface area contributed by atoms with Crippen molar-refractivity contribution in [2.75, 3.05) is 43.6 Å². The van der Waals surface area contributed by atoms with Gasteiger partial charge in [0.25, 0.3) is 5.91 Å². The van der Waals surface area contributed by atoms with Gasteiger partial charge in [-0.1, -0.05) is 131 Å². The molecular weight excluding hydrogens is 1060 g/mol. The second-order valence-electron chi connectivity index (χ2n) is 23.7. The Balaban J connectivity index is 0.853.